The van der Waals surface area contributed by atoms with Crippen molar-refractivity contribution in [1.29, 1.82) is 0 Å². The minimum atomic E-state index is -0.285. The van der Waals surface area contributed by atoms with Gasteiger partial charge in [-0.05, 0) is 12.1 Å². The Morgan fingerprint density at radius 3 is 2.92 bits per heavy atom. The number of hydrogen-bond donors (Lipinski definition) is 1. The summed E-state index contributed by atoms with van der Waals surface area (Å²) in [6.45, 7) is 0. The van der Waals surface area contributed by atoms with Crippen LogP contribution in [0.25, 0.3) is 0 Å². The smallest absolute Gasteiger partial charge is 0.307 e. The van der Waals surface area contributed by atoms with E-state index >= 15 is 0 Å². The van der Waals surface area contributed by atoms with Gasteiger partial charge in [-0.15, -0.1) is 0 Å². The molecule has 1 atom stereocenters. The highest BCUT2D eigenvalue weighted by molar-refractivity contribution is 5.70. The molecule has 0 radical (unpaired) electrons. The van der Waals surface area contributed by atoms with Gasteiger partial charge in [-0.2, -0.15) is 0 Å². The minimum Gasteiger partial charge on any atom is -0.469 e. The highest BCUT2D eigenvalue weighted by Crippen LogP contribution is 2.13. The average Bonchev–Trinajstić information content (AvgIpc) is 2.51. The molecule has 1 heterocycles. The van der Waals surface area contributed by atoms with Crippen molar-refractivity contribution in [3.05, 3.63) is 24.0 Å². The predicted octanol–water partition coefficient (Wildman–Crippen LogP) is 0.588. The number of rotatable bonds is 3. The van der Waals surface area contributed by atoms with Crippen molar-refractivity contribution < 1.29 is 9.53 Å². The monoisotopic (exact) mass is 182 g/mol. The summed E-state index contributed by atoms with van der Waals surface area (Å²) in [6.07, 6.45) is 2.11. The minimum absolute atomic E-state index is 0.217. The molecule has 0 unspecified atom stereocenters. The van der Waals surface area contributed by atoms with Crippen LogP contribution in [0.15, 0.2) is 18.3 Å². The Bertz CT molecular complexity index is 294. The maximum absolute atomic E-state index is 10.9. The van der Waals surface area contributed by atoms with E-state index in [2.05, 4.69) is 4.74 Å². The average molecular weight is 182 g/mol. The molecule has 0 aliphatic carbocycles. The van der Waals surface area contributed by atoms with E-state index in [1.807, 2.05) is 29.9 Å². The van der Waals surface area contributed by atoms with E-state index in [0.29, 0.717) is 0 Å². The molecule has 0 saturated carbocycles. The summed E-state index contributed by atoms with van der Waals surface area (Å²) in [5, 5.41) is 0. The lowest BCUT2D eigenvalue weighted by molar-refractivity contribution is -0.141. The maximum atomic E-state index is 10.9. The molecule has 13 heavy (non-hydrogen) atoms. The standard InChI is InChI=1S/C9H14N2O2/c1-11-5-3-4-8(11)7(10)6-9(12)13-2/h3-5,7H,6,10H2,1-2H3/t7-/m0/s1. The molecule has 4 nitrogen and oxygen atoms in total. The molecule has 0 bridgehead atoms. The lowest BCUT2D eigenvalue weighted by Crippen LogP contribution is -2.18. The zero-order valence-electron chi connectivity index (χ0n) is 7.86. The second kappa shape index (κ2) is 4.09. The third-order valence-electron chi connectivity index (χ3n) is 1.98. The topological polar surface area (TPSA) is 57.2 Å². The zero-order chi connectivity index (χ0) is 9.84. The zero-order valence-corrected chi connectivity index (χ0v) is 7.86. The van der Waals surface area contributed by atoms with Crippen LogP contribution in [0.4, 0.5) is 0 Å². The lowest BCUT2D eigenvalue weighted by atomic mass is 10.1. The van der Waals surface area contributed by atoms with Gasteiger partial charge in [0.15, 0.2) is 0 Å². The van der Waals surface area contributed by atoms with Crippen molar-refractivity contribution in [2.24, 2.45) is 12.8 Å². The normalized spacial score (nSPS) is 12.5. The van der Waals surface area contributed by atoms with Gasteiger partial charge in [-0.25, -0.2) is 0 Å². The van der Waals surface area contributed by atoms with Crippen LogP contribution >= 0.6 is 0 Å². The van der Waals surface area contributed by atoms with E-state index in [1.165, 1.54) is 7.11 Å². The molecule has 1 aromatic rings. The Morgan fingerprint density at radius 2 is 2.46 bits per heavy atom. The number of esters is 1. The molecule has 0 aromatic carbocycles. The molecule has 0 fully saturated rings. The molecule has 2 N–H and O–H groups in total. The highest BCUT2D eigenvalue weighted by atomic mass is 16.5. The van der Waals surface area contributed by atoms with Crippen molar-refractivity contribution in [3.8, 4) is 0 Å². The van der Waals surface area contributed by atoms with E-state index < -0.39 is 0 Å². The first-order chi connectivity index (χ1) is 6.15. The molecule has 0 saturated heterocycles. The van der Waals surface area contributed by atoms with E-state index in [-0.39, 0.29) is 18.4 Å². The van der Waals surface area contributed by atoms with Gasteiger partial charge in [-0.3, -0.25) is 4.79 Å². The summed E-state index contributed by atoms with van der Waals surface area (Å²) in [5.41, 5.74) is 6.73. The second-order valence-corrected chi connectivity index (χ2v) is 2.93. The molecule has 0 aliphatic rings. The molecule has 0 aliphatic heterocycles. The van der Waals surface area contributed by atoms with Crippen molar-refractivity contribution in [2.75, 3.05) is 7.11 Å². The summed E-state index contributed by atoms with van der Waals surface area (Å²) in [6, 6.07) is 3.51. The number of aromatic nitrogens is 1. The fourth-order valence-corrected chi connectivity index (χ4v) is 1.23. The van der Waals surface area contributed by atoms with Crippen molar-refractivity contribution >= 4 is 5.97 Å². The molecule has 1 rings (SSSR count). The third-order valence-corrected chi connectivity index (χ3v) is 1.98. The Kier molecular flexibility index (Phi) is 3.08. The van der Waals surface area contributed by atoms with Gasteiger partial charge in [0.05, 0.1) is 19.6 Å². The van der Waals surface area contributed by atoms with Crippen LogP contribution in [0.5, 0.6) is 0 Å². The number of carbonyl (C=O) groups is 1. The second-order valence-electron chi connectivity index (χ2n) is 2.93. The van der Waals surface area contributed by atoms with Gasteiger partial charge in [0, 0.05) is 18.9 Å². The first kappa shape index (κ1) is 9.80. The Hall–Kier alpha value is -1.29. The first-order valence-electron chi connectivity index (χ1n) is 4.08. The Balaban J connectivity index is 2.63. The molecular formula is C9H14N2O2. The number of aryl methyl sites for hydroxylation is 1. The van der Waals surface area contributed by atoms with Crippen LogP contribution in [0.3, 0.4) is 0 Å². The number of nitrogens with zero attached hydrogens (tertiary/aromatic N) is 1. The highest BCUT2D eigenvalue weighted by Gasteiger charge is 2.13. The number of carbonyl (C=O) groups excluding carboxylic acids is 1. The van der Waals surface area contributed by atoms with Crippen molar-refractivity contribution in [2.45, 2.75) is 12.5 Å². The first-order valence-corrected chi connectivity index (χ1v) is 4.08. The Morgan fingerprint density at radius 1 is 1.77 bits per heavy atom. The fourth-order valence-electron chi connectivity index (χ4n) is 1.23. The van der Waals surface area contributed by atoms with Crippen LogP contribution < -0.4 is 5.73 Å². The van der Waals surface area contributed by atoms with Crippen LogP contribution in [-0.2, 0) is 16.6 Å². The van der Waals surface area contributed by atoms with E-state index in [4.69, 9.17) is 5.73 Å². The van der Waals surface area contributed by atoms with Crippen LogP contribution in [0.2, 0.25) is 0 Å². The van der Waals surface area contributed by atoms with Crippen LogP contribution in [0.1, 0.15) is 18.2 Å². The SMILES string of the molecule is COC(=O)C[C@H](N)c1cccn1C. The van der Waals surface area contributed by atoms with Crippen LogP contribution in [-0.4, -0.2) is 17.6 Å². The van der Waals surface area contributed by atoms with Crippen molar-refractivity contribution in [3.63, 3.8) is 0 Å². The summed E-state index contributed by atoms with van der Waals surface area (Å²) in [5.74, 6) is -0.284. The van der Waals surface area contributed by atoms with Gasteiger partial charge >= 0.3 is 5.97 Å². The van der Waals surface area contributed by atoms with Gasteiger partial charge in [-0.1, -0.05) is 0 Å². The third kappa shape index (κ3) is 2.32. The van der Waals surface area contributed by atoms with Gasteiger partial charge in [0.2, 0.25) is 0 Å². The summed E-state index contributed by atoms with van der Waals surface area (Å²) in [7, 11) is 3.26. The molecule has 72 valence electrons. The molecule has 1 aromatic heterocycles. The summed E-state index contributed by atoms with van der Waals surface area (Å²) in [4.78, 5) is 10.9. The quantitative estimate of drug-likeness (QED) is 0.696. The van der Waals surface area contributed by atoms with E-state index in [9.17, 15) is 4.79 Å². The lowest BCUT2D eigenvalue weighted by Gasteiger charge is -2.11. The summed E-state index contributed by atoms with van der Waals surface area (Å²) >= 11 is 0. The summed E-state index contributed by atoms with van der Waals surface area (Å²) < 4.78 is 6.43. The molecular weight excluding hydrogens is 168 g/mol. The fraction of sp³-hybridized carbons (Fsp3) is 0.444. The molecule has 0 spiro atoms. The van der Waals surface area contributed by atoms with Crippen molar-refractivity contribution in [1.82, 2.24) is 4.57 Å². The van der Waals surface area contributed by atoms with Crippen LogP contribution in [0, 0.1) is 0 Å². The van der Waals surface area contributed by atoms with E-state index in [1.54, 1.807) is 0 Å². The maximum Gasteiger partial charge on any atom is 0.307 e. The number of nitrogens with two attached hydrogens (primary N) is 1. The predicted molar refractivity (Wildman–Crippen MR) is 49.0 cm³/mol. The molecule has 0 amide bonds. The largest absolute Gasteiger partial charge is 0.469 e. The number of hydrogen-bond acceptors (Lipinski definition) is 3. The Labute approximate surface area is 77.3 Å². The number of ether oxygens (including phenoxy) is 1. The van der Waals surface area contributed by atoms with E-state index in [0.717, 1.165) is 5.69 Å². The van der Waals surface area contributed by atoms with Gasteiger partial charge < -0.3 is 15.0 Å². The molecule has 4 heteroatoms. The van der Waals surface area contributed by atoms with Gasteiger partial charge in [0.1, 0.15) is 0 Å². The van der Waals surface area contributed by atoms with Gasteiger partial charge in [0.25, 0.3) is 0 Å². The number of methoxy groups -OCH3 is 1.